The summed E-state index contributed by atoms with van der Waals surface area (Å²) in [4.78, 5) is 15.2. The van der Waals surface area contributed by atoms with Gasteiger partial charge in [-0.1, -0.05) is 0 Å². The van der Waals surface area contributed by atoms with Gasteiger partial charge in [-0.2, -0.15) is 4.98 Å². The van der Waals surface area contributed by atoms with Gasteiger partial charge in [0.15, 0.2) is 0 Å². The Kier molecular flexibility index (Phi) is 3.92. The van der Waals surface area contributed by atoms with Crippen molar-refractivity contribution >= 4 is 41.3 Å². The molecule has 1 radical (unpaired) electrons. The van der Waals surface area contributed by atoms with Gasteiger partial charge < -0.3 is 10.1 Å². The second-order valence-corrected chi connectivity index (χ2v) is 2.91. The molecule has 0 spiro atoms. The molecule has 0 fully saturated rings. The van der Waals surface area contributed by atoms with Gasteiger partial charge in [0.2, 0.25) is 11.8 Å². The normalized spacial score (nSPS) is 13.6. The summed E-state index contributed by atoms with van der Waals surface area (Å²) in [6, 6.07) is 3.73. The van der Waals surface area contributed by atoms with E-state index in [1.165, 1.54) is 0 Å². The second kappa shape index (κ2) is 4.77. The first-order chi connectivity index (χ1) is 6.29. The third-order valence-electron chi connectivity index (χ3n) is 2.04. The number of hydrogen-bond acceptors (Lipinski definition) is 3. The van der Waals surface area contributed by atoms with Crippen LogP contribution in [0.3, 0.4) is 0 Å². The van der Waals surface area contributed by atoms with Gasteiger partial charge in [0.05, 0.1) is 7.11 Å². The summed E-state index contributed by atoms with van der Waals surface area (Å²) in [6.07, 6.45) is 1.30. The predicted molar refractivity (Wildman–Crippen MR) is 53.5 cm³/mol. The summed E-state index contributed by atoms with van der Waals surface area (Å²) in [5, 5.41) is 2.70. The zero-order chi connectivity index (χ0) is 9.26. The molecule has 0 aliphatic carbocycles. The van der Waals surface area contributed by atoms with Crippen molar-refractivity contribution in [1.29, 1.82) is 0 Å². The van der Waals surface area contributed by atoms with Gasteiger partial charge in [-0.15, -0.1) is 0 Å². The fraction of sp³-hybridized carbons (Fsp3) is 0.333. The number of methoxy groups -OCH3 is 1. The third kappa shape index (κ3) is 2.26. The van der Waals surface area contributed by atoms with E-state index in [0.29, 0.717) is 18.1 Å². The Morgan fingerprint density at radius 2 is 2.21 bits per heavy atom. The van der Waals surface area contributed by atoms with E-state index in [1.54, 1.807) is 13.2 Å². The number of hydrogen-bond donors (Lipinski definition) is 1. The molecule has 1 aliphatic heterocycles. The van der Waals surface area contributed by atoms with Crippen molar-refractivity contribution in [3.63, 3.8) is 0 Å². The minimum Gasteiger partial charge on any atom is -0.481 e. The van der Waals surface area contributed by atoms with Crippen LogP contribution in [0.5, 0.6) is 5.88 Å². The number of carbonyl (C=O) groups is 1. The summed E-state index contributed by atoms with van der Waals surface area (Å²) in [5.74, 6) is 1.19. The molecular formula is C9H10N2NaO2. The van der Waals surface area contributed by atoms with Crippen molar-refractivity contribution in [3.8, 4) is 5.88 Å². The van der Waals surface area contributed by atoms with E-state index in [0.717, 1.165) is 12.0 Å². The minimum absolute atomic E-state index is 0. The fourth-order valence-corrected chi connectivity index (χ4v) is 1.34. The Morgan fingerprint density at radius 3 is 2.93 bits per heavy atom. The van der Waals surface area contributed by atoms with E-state index < -0.39 is 0 Å². The van der Waals surface area contributed by atoms with Crippen molar-refractivity contribution in [2.24, 2.45) is 0 Å². The van der Waals surface area contributed by atoms with Crippen molar-refractivity contribution in [2.75, 3.05) is 12.4 Å². The van der Waals surface area contributed by atoms with Crippen LogP contribution in [0.1, 0.15) is 12.0 Å². The third-order valence-corrected chi connectivity index (χ3v) is 2.04. The fourth-order valence-electron chi connectivity index (χ4n) is 1.34. The standard InChI is InChI=1S/C9H10N2O2.Na/c1-13-8-5-3-6-2-4-7(12)10-9(6)11-8;/h3,5H,2,4H2,1H3,(H,10,11,12);. The number of rotatable bonds is 1. The van der Waals surface area contributed by atoms with Crippen molar-refractivity contribution in [3.05, 3.63) is 17.7 Å². The van der Waals surface area contributed by atoms with Crippen molar-refractivity contribution in [2.45, 2.75) is 12.8 Å². The quantitative estimate of drug-likeness (QED) is 0.677. The molecule has 1 amide bonds. The zero-order valence-corrected chi connectivity index (χ0v) is 10.3. The molecule has 0 unspecified atom stereocenters. The molecule has 5 heteroatoms. The molecule has 0 saturated carbocycles. The SMILES string of the molecule is COc1ccc2c(n1)NC(=O)CC2.[Na]. The monoisotopic (exact) mass is 201 g/mol. The second-order valence-electron chi connectivity index (χ2n) is 2.91. The largest absolute Gasteiger partial charge is 0.481 e. The summed E-state index contributed by atoms with van der Waals surface area (Å²) >= 11 is 0. The number of aryl methyl sites for hydroxylation is 1. The molecule has 1 N–H and O–H groups in total. The molecule has 1 aliphatic rings. The molecule has 0 aromatic carbocycles. The molecular weight excluding hydrogens is 191 g/mol. The number of aromatic nitrogens is 1. The van der Waals surface area contributed by atoms with Crippen molar-refractivity contribution < 1.29 is 9.53 Å². The molecule has 0 bridgehead atoms. The van der Waals surface area contributed by atoms with E-state index in [-0.39, 0.29) is 35.5 Å². The maximum absolute atomic E-state index is 11.0. The van der Waals surface area contributed by atoms with Crippen molar-refractivity contribution in [1.82, 2.24) is 4.98 Å². The Bertz CT molecular complexity index is 355. The van der Waals surface area contributed by atoms with Crippen LogP contribution in [0.15, 0.2) is 12.1 Å². The van der Waals surface area contributed by atoms with Crippen LogP contribution in [-0.2, 0) is 11.2 Å². The number of nitrogens with zero attached hydrogens (tertiary/aromatic N) is 1. The van der Waals surface area contributed by atoms with Crippen LogP contribution in [0, 0.1) is 0 Å². The summed E-state index contributed by atoms with van der Waals surface area (Å²) < 4.78 is 4.95. The molecule has 69 valence electrons. The van der Waals surface area contributed by atoms with Gasteiger partial charge in [-0.05, 0) is 18.1 Å². The van der Waals surface area contributed by atoms with Gasteiger partial charge in [-0.3, -0.25) is 4.79 Å². The van der Waals surface area contributed by atoms with Crippen LogP contribution in [0.25, 0.3) is 0 Å². The number of nitrogens with one attached hydrogen (secondary N) is 1. The summed E-state index contributed by atoms with van der Waals surface area (Å²) in [6.45, 7) is 0. The topological polar surface area (TPSA) is 51.2 Å². The zero-order valence-electron chi connectivity index (χ0n) is 8.33. The number of carbonyl (C=O) groups excluding carboxylic acids is 1. The van der Waals surface area contributed by atoms with Gasteiger partial charge in [0, 0.05) is 42.0 Å². The van der Waals surface area contributed by atoms with Crippen LogP contribution in [0.2, 0.25) is 0 Å². The average Bonchev–Trinajstić information content (AvgIpc) is 2.16. The maximum atomic E-state index is 11.0. The van der Waals surface area contributed by atoms with E-state index >= 15 is 0 Å². The van der Waals surface area contributed by atoms with E-state index in [9.17, 15) is 4.79 Å². The Hall–Kier alpha value is -0.580. The molecule has 1 aromatic heterocycles. The predicted octanol–water partition coefficient (Wildman–Crippen LogP) is 0.594. The number of amides is 1. The van der Waals surface area contributed by atoms with Gasteiger partial charge >= 0.3 is 0 Å². The maximum Gasteiger partial charge on any atom is 0.225 e. The van der Waals surface area contributed by atoms with Crippen LogP contribution in [-0.4, -0.2) is 47.6 Å². The smallest absolute Gasteiger partial charge is 0.225 e. The number of pyridine rings is 1. The molecule has 2 heterocycles. The molecule has 0 saturated heterocycles. The van der Waals surface area contributed by atoms with Gasteiger partial charge in [0.1, 0.15) is 5.82 Å². The van der Waals surface area contributed by atoms with Gasteiger partial charge in [0.25, 0.3) is 0 Å². The molecule has 4 nitrogen and oxygen atoms in total. The first-order valence-corrected chi connectivity index (χ1v) is 4.13. The first-order valence-electron chi connectivity index (χ1n) is 4.13. The minimum atomic E-state index is 0. The summed E-state index contributed by atoms with van der Waals surface area (Å²) in [5.41, 5.74) is 1.07. The Balaban J connectivity index is 0.000000980. The van der Waals surface area contributed by atoms with Crippen LogP contribution >= 0.6 is 0 Å². The number of fused-ring (bicyclic) bond motifs is 1. The first kappa shape index (κ1) is 11.5. The van der Waals surface area contributed by atoms with E-state index in [2.05, 4.69) is 10.3 Å². The van der Waals surface area contributed by atoms with Crippen LogP contribution < -0.4 is 10.1 Å². The number of ether oxygens (including phenoxy) is 1. The van der Waals surface area contributed by atoms with Crippen LogP contribution in [0.4, 0.5) is 5.82 Å². The Morgan fingerprint density at radius 1 is 1.43 bits per heavy atom. The van der Waals surface area contributed by atoms with E-state index in [1.807, 2.05) is 6.07 Å². The molecule has 2 rings (SSSR count). The van der Waals surface area contributed by atoms with Gasteiger partial charge in [-0.25, -0.2) is 0 Å². The Labute approximate surface area is 104 Å². The number of anilines is 1. The average molecular weight is 201 g/mol. The van der Waals surface area contributed by atoms with E-state index in [4.69, 9.17) is 4.74 Å². The molecule has 0 atom stereocenters. The molecule has 14 heavy (non-hydrogen) atoms. The molecule has 1 aromatic rings. The summed E-state index contributed by atoms with van der Waals surface area (Å²) in [7, 11) is 1.55.